The molecule has 10 nitrogen and oxygen atoms in total. The minimum Gasteiger partial charge on any atom is -0.493 e. The van der Waals surface area contributed by atoms with Gasteiger partial charge < -0.3 is 28.8 Å². The van der Waals surface area contributed by atoms with Crippen LogP contribution in [0.4, 0.5) is 9.59 Å². The molecule has 2 amide bonds. The summed E-state index contributed by atoms with van der Waals surface area (Å²) in [5, 5.41) is 10.5. The third-order valence-corrected chi connectivity index (χ3v) is 6.76. The highest BCUT2D eigenvalue weighted by Gasteiger charge is 2.54. The molecule has 2 heterocycles. The van der Waals surface area contributed by atoms with Crippen LogP contribution in [0, 0.1) is 6.92 Å². The predicted octanol–water partition coefficient (Wildman–Crippen LogP) is 4.52. The monoisotopic (exact) mass is 546 g/mol. The molecule has 0 aromatic heterocycles. The van der Waals surface area contributed by atoms with Crippen molar-refractivity contribution in [3.63, 3.8) is 0 Å². The summed E-state index contributed by atoms with van der Waals surface area (Å²) >= 11 is 0. The third kappa shape index (κ3) is 6.17. The Kier molecular flexibility index (Phi) is 9.23. The van der Waals surface area contributed by atoms with Gasteiger partial charge >= 0.3 is 12.2 Å². The van der Waals surface area contributed by atoms with Crippen LogP contribution in [-0.2, 0) is 20.6 Å². The van der Waals surface area contributed by atoms with Crippen LogP contribution in [-0.4, -0.2) is 84.0 Å². The van der Waals surface area contributed by atoms with Crippen LogP contribution in [0.1, 0.15) is 57.4 Å². The number of nitrogens with zero attached hydrogens (tertiary/aromatic N) is 2. The van der Waals surface area contributed by atoms with Gasteiger partial charge in [-0.3, -0.25) is 9.80 Å². The lowest BCUT2D eigenvalue weighted by Gasteiger charge is -2.47. The van der Waals surface area contributed by atoms with Crippen molar-refractivity contribution in [3.8, 4) is 11.5 Å². The van der Waals surface area contributed by atoms with E-state index in [0.29, 0.717) is 23.5 Å². The number of aryl methyl sites for hydroxylation is 1. The summed E-state index contributed by atoms with van der Waals surface area (Å²) in [5.41, 5.74) is 0.532. The van der Waals surface area contributed by atoms with Crippen LogP contribution < -0.4 is 9.47 Å². The van der Waals surface area contributed by atoms with Crippen LogP contribution in [0.2, 0.25) is 0 Å². The molecule has 1 aromatic carbocycles. The van der Waals surface area contributed by atoms with Gasteiger partial charge in [-0.25, -0.2) is 9.59 Å². The fraction of sp³-hybridized carbons (Fsp3) is 0.586. The number of aliphatic hydroxyl groups excluding tert-OH is 1. The maximum absolute atomic E-state index is 13.6. The number of fused-ring (bicyclic) bond motifs is 1. The average Bonchev–Trinajstić information content (AvgIpc) is 3.17. The Hall–Kier alpha value is -3.24. The second-order valence-corrected chi connectivity index (χ2v) is 11.2. The molecule has 0 aliphatic carbocycles. The van der Waals surface area contributed by atoms with E-state index >= 15 is 0 Å². The van der Waals surface area contributed by atoms with Gasteiger partial charge in [-0.15, -0.1) is 0 Å². The quantitative estimate of drug-likeness (QED) is 0.474. The molecule has 0 radical (unpaired) electrons. The van der Waals surface area contributed by atoms with E-state index in [9.17, 15) is 14.7 Å². The number of carbonyl (C=O) groups is 2. The van der Waals surface area contributed by atoms with Gasteiger partial charge in [0.2, 0.25) is 0 Å². The standard InChI is InChI=1S/C29H42N2O8/c1-10-12-36-25-22-19(14-18(3)24(25)35-9)15-20(16-32)30(26(33)37-13-11-2)23(22)21-17-38-29(7,8)31(21)27(34)39-28(4,5)6/h10-11,14,20-21,23,32H,1-2,12-13,15-17H2,3-9H3/t20-,21-,23-/m0/s1. The Balaban J connectivity index is 2.31. The van der Waals surface area contributed by atoms with Gasteiger partial charge in [0, 0.05) is 5.56 Å². The highest BCUT2D eigenvalue weighted by Crippen LogP contribution is 2.50. The zero-order valence-electron chi connectivity index (χ0n) is 24.1. The number of rotatable bonds is 8. The van der Waals surface area contributed by atoms with E-state index in [1.54, 1.807) is 47.8 Å². The number of amides is 2. The lowest BCUT2D eigenvalue weighted by Crippen LogP contribution is -2.59. The smallest absolute Gasteiger partial charge is 0.412 e. The molecular weight excluding hydrogens is 504 g/mol. The molecule has 216 valence electrons. The second kappa shape index (κ2) is 11.9. The van der Waals surface area contributed by atoms with Gasteiger partial charge in [0.1, 0.15) is 24.5 Å². The van der Waals surface area contributed by atoms with Crippen molar-refractivity contribution < 1.29 is 38.4 Å². The van der Waals surface area contributed by atoms with Crippen molar-refractivity contribution in [1.29, 1.82) is 0 Å². The van der Waals surface area contributed by atoms with Crippen molar-refractivity contribution in [1.82, 2.24) is 9.80 Å². The maximum atomic E-state index is 13.6. The topological polar surface area (TPSA) is 107 Å². The van der Waals surface area contributed by atoms with Gasteiger partial charge in [-0.2, -0.15) is 0 Å². The fourth-order valence-corrected chi connectivity index (χ4v) is 5.33. The number of ether oxygens (including phenoxy) is 5. The van der Waals surface area contributed by atoms with Crippen molar-refractivity contribution in [2.75, 3.05) is 33.5 Å². The zero-order chi connectivity index (χ0) is 29.1. The highest BCUT2D eigenvalue weighted by molar-refractivity contribution is 5.73. The first-order chi connectivity index (χ1) is 18.3. The number of carbonyl (C=O) groups excluding carboxylic acids is 2. The largest absolute Gasteiger partial charge is 0.493 e. The first-order valence-corrected chi connectivity index (χ1v) is 13.1. The van der Waals surface area contributed by atoms with E-state index < -0.39 is 41.6 Å². The summed E-state index contributed by atoms with van der Waals surface area (Å²) in [5.74, 6) is 0.939. The van der Waals surface area contributed by atoms with Crippen molar-refractivity contribution in [3.05, 3.63) is 48.1 Å². The summed E-state index contributed by atoms with van der Waals surface area (Å²) in [6, 6.07) is -0.205. The second-order valence-electron chi connectivity index (χ2n) is 11.2. The maximum Gasteiger partial charge on any atom is 0.412 e. The van der Waals surface area contributed by atoms with Crippen LogP contribution in [0.3, 0.4) is 0 Å². The molecule has 1 fully saturated rings. The van der Waals surface area contributed by atoms with Crippen LogP contribution in [0.25, 0.3) is 0 Å². The first kappa shape index (κ1) is 30.3. The van der Waals surface area contributed by atoms with Crippen molar-refractivity contribution in [2.24, 2.45) is 0 Å². The summed E-state index contributed by atoms with van der Waals surface area (Å²) in [7, 11) is 1.55. The SMILES string of the molecule is C=CCOC(=O)N1[C@H](CO)Cc2cc(C)c(OC)c(OCC=C)c2[C@@H]1[C@@H]1COC(C)(C)N1C(=O)OC(C)(C)C. The molecular formula is C29H42N2O8. The summed E-state index contributed by atoms with van der Waals surface area (Å²) in [6.45, 7) is 18.2. The summed E-state index contributed by atoms with van der Waals surface area (Å²) < 4.78 is 29.3. The molecule has 0 unspecified atom stereocenters. The van der Waals surface area contributed by atoms with E-state index in [0.717, 1.165) is 11.1 Å². The molecule has 10 heteroatoms. The number of aliphatic hydroxyl groups is 1. The minimum atomic E-state index is -1.05. The third-order valence-electron chi connectivity index (χ3n) is 6.76. The Labute approximate surface area is 231 Å². The molecule has 0 saturated carbocycles. The van der Waals surface area contributed by atoms with E-state index in [1.807, 2.05) is 13.0 Å². The van der Waals surface area contributed by atoms with Crippen LogP contribution in [0.15, 0.2) is 31.4 Å². The molecule has 0 bridgehead atoms. The lowest BCUT2D eigenvalue weighted by molar-refractivity contribution is -0.0675. The lowest BCUT2D eigenvalue weighted by atomic mass is 9.82. The Morgan fingerprint density at radius 1 is 1.18 bits per heavy atom. The number of hydrogen-bond acceptors (Lipinski definition) is 8. The zero-order valence-corrected chi connectivity index (χ0v) is 24.1. The molecule has 1 N–H and O–H groups in total. The number of hydrogen-bond donors (Lipinski definition) is 1. The Morgan fingerprint density at radius 2 is 1.85 bits per heavy atom. The molecule has 2 aliphatic rings. The molecule has 2 aliphatic heterocycles. The predicted molar refractivity (Wildman–Crippen MR) is 146 cm³/mol. The van der Waals surface area contributed by atoms with E-state index in [1.165, 1.54) is 15.9 Å². The number of methoxy groups -OCH3 is 1. The van der Waals surface area contributed by atoms with Crippen molar-refractivity contribution in [2.45, 2.75) is 77.4 Å². The first-order valence-electron chi connectivity index (χ1n) is 13.1. The molecule has 0 spiro atoms. The van der Waals surface area contributed by atoms with Gasteiger partial charge in [-0.1, -0.05) is 31.4 Å². The Bertz CT molecular complexity index is 1090. The average molecular weight is 547 g/mol. The van der Waals surface area contributed by atoms with Gasteiger partial charge in [0.05, 0.1) is 38.4 Å². The minimum absolute atomic E-state index is 0.0213. The van der Waals surface area contributed by atoms with E-state index in [2.05, 4.69) is 13.2 Å². The van der Waals surface area contributed by atoms with Gasteiger partial charge in [0.25, 0.3) is 0 Å². The summed E-state index contributed by atoms with van der Waals surface area (Å²) in [6.07, 6.45) is 2.18. The van der Waals surface area contributed by atoms with Gasteiger partial charge in [0.15, 0.2) is 11.5 Å². The van der Waals surface area contributed by atoms with Crippen LogP contribution in [0.5, 0.6) is 11.5 Å². The molecule has 3 atom stereocenters. The van der Waals surface area contributed by atoms with Crippen molar-refractivity contribution >= 4 is 12.2 Å². The highest BCUT2D eigenvalue weighted by atomic mass is 16.6. The van der Waals surface area contributed by atoms with E-state index in [-0.39, 0.29) is 26.4 Å². The Morgan fingerprint density at radius 3 is 2.41 bits per heavy atom. The van der Waals surface area contributed by atoms with Crippen LogP contribution >= 0.6 is 0 Å². The van der Waals surface area contributed by atoms with Gasteiger partial charge in [-0.05, 0) is 59.1 Å². The summed E-state index contributed by atoms with van der Waals surface area (Å²) in [4.78, 5) is 30.2. The van der Waals surface area contributed by atoms with E-state index in [4.69, 9.17) is 23.7 Å². The molecule has 1 saturated heterocycles. The number of benzene rings is 1. The molecule has 1 aromatic rings. The fourth-order valence-electron chi connectivity index (χ4n) is 5.33. The molecule has 39 heavy (non-hydrogen) atoms. The molecule has 3 rings (SSSR count). The normalized spacial score (nSPS) is 22.1.